The van der Waals surface area contributed by atoms with Crippen LogP contribution >= 0.6 is 22.9 Å². The summed E-state index contributed by atoms with van der Waals surface area (Å²) >= 11 is 7.59. The molecule has 1 N–H and O–H groups in total. The highest BCUT2D eigenvalue weighted by atomic mass is 35.5. The topological polar surface area (TPSA) is 37.8 Å². The summed E-state index contributed by atoms with van der Waals surface area (Å²) in [5.41, 5.74) is 1.22. The van der Waals surface area contributed by atoms with Crippen molar-refractivity contribution in [3.05, 3.63) is 44.9 Å². The molecule has 0 saturated carbocycles. The van der Waals surface area contributed by atoms with E-state index in [9.17, 15) is 0 Å². The van der Waals surface area contributed by atoms with E-state index in [4.69, 9.17) is 11.6 Å². The van der Waals surface area contributed by atoms with Gasteiger partial charge in [-0.05, 0) is 43.6 Å². The summed E-state index contributed by atoms with van der Waals surface area (Å²) in [5, 5.41) is 14.9. The molecular weight excluding hydrogens is 290 g/mol. The van der Waals surface area contributed by atoms with E-state index in [0.717, 1.165) is 47.4 Å². The molecule has 1 aromatic carbocycles. The molecule has 108 valence electrons. The molecule has 2 aromatic rings. The van der Waals surface area contributed by atoms with Gasteiger partial charge in [0.05, 0.1) is 0 Å². The van der Waals surface area contributed by atoms with Gasteiger partial charge in [-0.2, -0.15) is 0 Å². The third kappa shape index (κ3) is 5.19. The van der Waals surface area contributed by atoms with Crippen molar-refractivity contribution in [2.75, 3.05) is 13.1 Å². The van der Waals surface area contributed by atoms with Gasteiger partial charge in [-0.3, -0.25) is 0 Å². The SMILES string of the molecule is CCCNCCCc1nnc(Cc2ccc(Cl)cc2)s1. The van der Waals surface area contributed by atoms with Crippen molar-refractivity contribution >= 4 is 22.9 Å². The number of halogens is 1. The van der Waals surface area contributed by atoms with Crippen LogP contribution in [0.3, 0.4) is 0 Å². The molecule has 0 aliphatic heterocycles. The zero-order valence-corrected chi connectivity index (χ0v) is 13.3. The zero-order chi connectivity index (χ0) is 14.2. The second-order valence-corrected chi connectivity index (χ2v) is 6.33. The van der Waals surface area contributed by atoms with Crippen molar-refractivity contribution in [1.29, 1.82) is 0 Å². The molecule has 0 spiro atoms. The fraction of sp³-hybridized carbons (Fsp3) is 0.467. The number of hydrogen-bond acceptors (Lipinski definition) is 4. The lowest BCUT2D eigenvalue weighted by Gasteiger charge is -2.00. The van der Waals surface area contributed by atoms with E-state index >= 15 is 0 Å². The van der Waals surface area contributed by atoms with Crippen LogP contribution in [0.15, 0.2) is 24.3 Å². The van der Waals surface area contributed by atoms with Crippen molar-refractivity contribution in [2.45, 2.75) is 32.6 Å². The van der Waals surface area contributed by atoms with Crippen LogP contribution in [0.1, 0.15) is 35.3 Å². The van der Waals surface area contributed by atoms with Gasteiger partial charge >= 0.3 is 0 Å². The molecule has 0 saturated heterocycles. The van der Waals surface area contributed by atoms with Crippen LogP contribution in [0.4, 0.5) is 0 Å². The van der Waals surface area contributed by atoms with Crippen LogP contribution in [0.25, 0.3) is 0 Å². The third-order valence-corrected chi connectivity index (χ3v) is 4.18. The quantitative estimate of drug-likeness (QED) is 0.755. The second kappa shape index (κ2) is 8.35. The highest BCUT2D eigenvalue weighted by molar-refractivity contribution is 7.11. The molecule has 0 bridgehead atoms. The first-order valence-corrected chi connectivity index (χ1v) is 8.24. The smallest absolute Gasteiger partial charge is 0.121 e. The Morgan fingerprint density at radius 3 is 2.60 bits per heavy atom. The molecule has 0 radical (unpaired) electrons. The Bertz CT molecular complexity index is 510. The summed E-state index contributed by atoms with van der Waals surface area (Å²) in [6, 6.07) is 7.91. The maximum atomic E-state index is 5.88. The number of aromatic nitrogens is 2. The average Bonchev–Trinajstić information content (AvgIpc) is 2.89. The molecule has 0 atom stereocenters. The Morgan fingerprint density at radius 1 is 1.10 bits per heavy atom. The van der Waals surface area contributed by atoms with Crippen molar-refractivity contribution in [3.8, 4) is 0 Å². The van der Waals surface area contributed by atoms with Crippen LogP contribution in [0.5, 0.6) is 0 Å². The lowest BCUT2D eigenvalue weighted by molar-refractivity contribution is 0.637. The van der Waals surface area contributed by atoms with Crippen molar-refractivity contribution in [1.82, 2.24) is 15.5 Å². The van der Waals surface area contributed by atoms with Crippen LogP contribution in [-0.2, 0) is 12.8 Å². The van der Waals surface area contributed by atoms with Gasteiger partial charge in [0.1, 0.15) is 10.0 Å². The molecule has 0 fully saturated rings. The molecule has 0 aliphatic rings. The lowest BCUT2D eigenvalue weighted by Crippen LogP contribution is -2.16. The third-order valence-electron chi connectivity index (χ3n) is 2.95. The molecule has 20 heavy (non-hydrogen) atoms. The van der Waals surface area contributed by atoms with Crippen molar-refractivity contribution < 1.29 is 0 Å². The maximum Gasteiger partial charge on any atom is 0.121 e. The van der Waals surface area contributed by atoms with Crippen LogP contribution in [-0.4, -0.2) is 23.3 Å². The Balaban J connectivity index is 1.78. The van der Waals surface area contributed by atoms with Crippen LogP contribution in [0.2, 0.25) is 5.02 Å². The first-order chi connectivity index (χ1) is 9.78. The van der Waals surface area contributed by atoms with E-state index in [2.05, 4.69) is 22.4 Å². The highest BCUT2D eigenvalue weighted by Crippen LogP contribution is 2.17. The number of aryl methyl sites for hydroxylation is 1. The Kier molecular flexibility index (Phi) is 6.43. The second-order valence-electron chi connectivity index (χ2n) is 4.75. The number of rotatable bonds is 8. The van der Waals surface area contributed by atoms with E-state index in [-0.39, 0.29) is 0 Å². The summed E-state index contributed by atoms with van der Waals surface area (Å²) in [5.74, 6) is 0. The summed E-state index contributed by atoms with van der Waals surface area (Å²) in [7, 11) is 0. The lowest BCUT2D eigenvalue weighted by atomic mass is 10.2. The Labute approximate surface area is 129 Å². The Hall–Kier alpha value is -0.970. The Morgan fingerprint density at radius 2 is 1.85 bits per heavy atom. The van der Waals surface area contributed by atoms with Gasteiger partial charge in [0.25, 0.3) is 0 Å². The molecule has 0 amide bonds. The van der Waals surface area contributed by atoms with Crippen LogP contribution in [0, 0.1) is 0 Å². The van der Waals surface area contributed by atoms with Crippen molar-refractivity contribution in [2.24, 2.45) is 0 Å². The fourth-order valence-corrected chi connectivity index (χ4v) is 2.95. The molecule has 1 heterocycles. The van der Waals surface area contributed by atoms with Crippen LogP contribution < -0.4 is 5.32 Å². The van der Waals surface area contributed by atoms with Gasteiger partial charge in [0, 0.05) is 17.9 Å². The monoisotopic (exact) mass is 309 g/mol. The molecule has 3 nitrogen and oxygen atoms in total. The minimum Gasteiger partial charge on any atom is -0.317 e. The maximum absolute atomic E-state index is 5.88. The van der Waals surface area contributed by atoms with E-state index < -0.39 is 0 Å². The molecule has 0 unspecified atom stereocenters. The number of benzene rings is 1. The largest absolute Gasteiger partial charge is 0.317 e. The summed E-state index contributed by atoms with van der Waals surface area (Å²) < 4.78 is 0. The molecule has 0 aliphatic carbocycles. The van der Waals surface area contributed by atoms with Crippen molar-refractivity contribution in [3.63, 3.8) is 0 Å². The predicted octanol–water partition coefficient (Wildman–Crippen LogP) is 3.71. The van der Waals surface area contributed by atoms with Gasteiger partial charge in [0.2, 0.25) is 0 Å². The number of hydrogen-bond donors (Lipinski definition) is 1. The summed E-state index contributed by atoms with van der Waals surface area (Å²) in [4.78, 5) is 0. The van der Waals surface area contributed by atoms with E-state index in [1.54, 1.807) is 11.3 Å². The number of nitrogens with zero attached hydrogens (tertiary/aromatic N) is 2. The van der Waals surface area contributed by atoms with E-state index in [1.165, 1.54) is 12.0 Å². The van der Waals surface area contributed by atoms with E-state index in [1.807, 2.05) is 24.3 Å². The fourth-order valence-electron chi connectivity index (χ4n) is 1.90. The van der Waals surface area contributed by atoms with Gasteiger partial charge in [-0.1, -0.05) is 30.7 Å². The minimum atomic E-state index is 0.770. The molecule has 2 rings (SSSR count). The first-order valence-electron chi connectivity index (χ1n) is 7.04. The predicted molar refractivity (Wildman–Crippen MR) is 85.6 cm³/mol. The molecule has 1 aromatic heterocycles. The summed E-state index contributed by atoms with van der Waals surface area (Å²) in [6.45, 7) is 4.33. The zero-order valence-electron chi connectivity index (χ0n) is 11.7. The highest BCUT2D eigenvalue weighted by Gasteiger charge is 2.05. The van der Waals surface area contributed by atoms with Gasteiger partial charge in [0.15, 0.2) is 0 Å². The normalized spacial score (nSPS) is 10.9. The minimum absolute atomic E-state index is 0.770. The first kappa shape index (κ1) is 15.4. The average molecular weight is 310 g/mol. The summed E-state index contributed by atoms with van der Waals surface area (Å²) in [6.07, 6.45) is 4.15. The molecular formula is C15H20ClN3S. The van der Waals surface area contributed by atoms with E-state index in [0.29, 0.717) is 0 Å². The van der Waals surface area contributed by atoms with Gasteiger partial charge in [-0.15, -0.1) is 21.5 Å². The van der Waals surface area contributed by atoms with Gasteiger partial charge in [-0.25, -0.2) is 0 Å². The standard InChI is InChI=1S/C15H20ClN3S/c1-2-9-17-10-3-4-14-18-19-15(20-14)11-12-5-7-13(16)8-6-12/h5-8,17H,2-4,9-11H2,1H3. The molecule has 5 heteroatoms. The van der Waals surface area contributed by atoms with Gasteiger partial charge < -0.3 is 5.32 Å². The number of nitrogens with one attached hydrogen (secondary N) is 1.